The van der Waals surface area contributed by atoms with Crippen LogP contribution in [0.5, 0.6) is 0 Å². The second-order valence-electron chi connectivity index (χ2n) is 5.80. The fourth-order valence-electron chi connectivity index (χ4n) is 2.49. The molecule has 3 aromatic rings. The van der Waals surface area contributed by atoms with E-state index in [0.29, 0.717) is 0 Å². The average molecular weight is 250 g/mol. The zero-order chi connectivity index (χ0) is 13.5. The molecule has 3 rings (SSSR count). The first-order valence-electron chi connectivity index (χ1n) is 6.61. The maximum absolute atomic E-state index is 4.81. The van der Waals surface area contributed by atoms with Crippen molar-refractivity contribution >= 4 is 11.0 Å². The molecule has 0 fully saturated rings. The molecule has 0 aliphatic heterocycles. The van der Waals surface area contributed by atoms with E-state index in [1.54, 1.807) is 0 Å². The van der Waals surface area contributed by atoms with E-state index in [0.717, 1.165) is 16.9 Å². The largest absolute Gasteiger partial charge is 0.319 e. The maximum Gasteiger partial charge on any atom is 0.141 e. The summed E-state index contributed by atoms with van der Waals surface area (Å²) in [7, 11) is 0. The summed E-state index contributed by atoms with van der Waals surface area (Å²) in [5.74, 6) is 1.04. The van der Waals surface area contributed by atoms with Gasteiger partial charge in [0.15, 0.2) is 0 Å². The van der Waals surface area contributed by atoms with Crippen LogP contribution in [0.4, 0.5) is 0 Å². The van der Waals surface area contributed by atoms with Gasteiger partial charge >= 0.3 is 0 Å². The van der Waals surface area contributed by atoms with Gasteiger partial charge in [-0.15, -0.1) is 0 Å². The quantitative estimate of drug-likeness (QED) is 0.623. The molecule has 2 nitrogen and oxygen atoms in total. The van der Waals surface area contributed by atoms with Crippen molar-refractivity contribution in [3.63, 3.8) is 0 Å². The standard InChI is InChI=1S/C17H18N2/c1-17(2,3)19-15-12-8-7-11-14(15)18-16(19)13-9-5-4-6-10-13/h4-12H,1-3H3. The third kappa shape index (κ3) is 2.03. The highest BCUT2D eigenvalue weighted by Gasteiger charge is 2.21. The summed E-state index contributed by atoms with van der Waals surface area (Å²) >= 11 is 0. The molecule has 96 valence electrons. The average Bonchev–Trinajstić information content (AvgIpc) is 2.79. The number of hydrogen-bond donors (Lipinski definition) is 0. The SMILES string of the molecule is CC(C)(C)n1c(-c2ccccc2)nc2ccccc21. The van der Waals surface area contributed by atoms with Crippen molar-refractivity contribution < 1.29 is 0 Å². The molecule has 0 aliphatic carbocycles. The third-order valence-corrected chi connectivity index (χ3v) is 3.26. The molecule has 0 saturated heterocycles. The Morgan fingerprint density at radius 1 is 0.842 bits per heavy atom. The highest BCUT2D eigenvalue weighted by molar-refractivity contribution is 5.81. The molecule has 1 aromatic heterocycles. The van der Waals surface area contributed by atoms with Gasteiger partial charge in [0.05, 0.1) is 11.0 Å². The Balaban J connectivity index is 2.36. The van der Waals surface area contributed by atoms with Gasteiger partial charge in [-0.3, -0.25) is 0 Å². The van der Waals surface area contributed by atoms with Gasteiger partial charge < -0.3 is 4.57 Å². The van der Waals surface area contributed by atoms with Crippen LogP contribution in [0, 0.1) is 0 Å². The van der Waals surface area contributed by atoms with E-state index in [-0.39, 0.29) is 5.54 Å². The summed E-state index contributed by atoms with van der Waals surface area (Å²) in [6, 6.07) is 18.7. The van der Waals surface area contributed by atoms with Crippen LogP contribution in [0.2, 0.25) is 0 Å². The molecular formula is C17H18N2. The molecule has 0 unspecified atom stereocenters. The van der Waals surface area contributed by atoms with Crippen LogP contribution in [-0.4, -0.2) is 9.55 Å². The Bertz CT molecular complexity index is 703. The maximum atomic E-state index is 4.81. The molecule has 0 saturated carbocycles. The van der Waals surface area contributed by atoms with E-state index < -0.39 is 0 Å². The van der Waals surface area contributed by atoms with Crippen molar-refractivity contribution in [2.24, 2.45) is 0 Å². The van der Waals surface area contributed by atoms with Crippen LogP contribution in [0.15, 0.2) is 54.6 Å². The molecule has 19 heavy (non-hydrogen) atoms. The van der Waals surface area contributed by atoms with Gasteiger partial charge in [-0.1, -0.05) is 42.5 Å². The van der Waals surface area contributed by atoms with Crippen LogP contribution in [0.3, 0.4) is 0 Å². The Labute approximate surface area is 113 Å². The summed E-state index contributed by atoms with van der Waals surface area (Å²) in [5.41, 5.74) is 3.40. The summed E-state index contributed by atoms with van der Waals surface area (Å²) in [6.45, 7) is 6.65. The van der Waals surface area contributed by atoms with Crippen molar-refractivity contribution in [1.29, 1.82) is 0 Å². The number of para-hydroxylation sites is 2. The van der Waals surface area contributed by atoms with E-state index in [1.165, 1.54) is 5.52 Å². The van der Waals surface area contributed by atoms with Crippen LogP contribution in [0.25, 0.3) is 22.4 Å². The number of aromatic nitrogens is 2. The zero-order valence-electron chi connectivity index (χ0n) is 11.6. The molecule has 0 spiro atoms. The minimum Gasteiger partial charge on any atom is -0.319 e. The highest BCUT2D eigenvalue weighted by atomic mass is 15.1. The summed E-state index contributed by atoms with van der Waals surface area (Å²) in [6.07, 6.45) is 0. The van der Waals surface area contributed by atoms with Gasteiger partial charge in [0.1, 0.15) is 5.82 Å². The normalized spacial score (nSPS) is 11.9. The number of fused-ring (bicyclic) bond motifs is 1. The number of imidazole rings is 1. The smallest absolute Gasteiger partial charge is 0.141 e. The topological polar surface area (TPSA) is 17.8 Å². The van der Waals surface area contributed by atoms with Gasteiger partial charge in [-0.2, -0.15) is 0 Å². The number of nitrogens with zero attached hydrogens (tertiary/aromatic N) is 2. The number of rotatable bonds is 1. The summed E-state index contributed by atoms with van der Waals surface area (Å²) in [4.78, 5) is 4.81. The molecule has 0 amide bonds. The van der Waals surface area contributed by atoms with Crippen molar-refractivity contribution in [2.45, 2.75) is 26.3 Å². The Morgan fingerprint density at radius 2 is 1.47 bits per heavy atom. The van der Waals surface area contributed by atoms with E-state index in [9.17, 15) is 0 Å². The molecule has 0 N–H and O–H groups in total. The second kappa shape index (κ2) is 4.23. The first kappa shape index (κ1) is 12.0. The summed E-state index contributed by atoms with van der Waals surface area (Å²) < 4.78 is 2.32. The van der Waals surface area contributed by atoms with Gasteiger partial charge in [-0.25, -0.2) is 4.98 Å². The van der Waals surface area contributed by atoms with E-state index in [4.69, 9.17) is 4.98 Å². The van der Waals surface area contributed by atoms with Crippen molar-refractivity contribution in [1.82, 2.24) is 9.55 Å². The van der Waals surface area contributed by atoms with Crippen molar-refractivity contribution in [3.8, 4) is 11.4 Å². The molecular weight excluding hydrogens is 232 g/mol. The molecule has 0 atom stereocenters. The third-order valence-electron chi connectivity index (χ3n) is 3.26. The molecule has 2 aromatic carbocycles. The van der Waals surface area contributed by atoms with Crippen LogP contribution in [0.1, 0.15) is 20.8 Å². The number of hydrogen-bond acceptors (Lipinski definition) is 1. The molecule has 0 aliphatic rings. The first-order chi connectivity index (χ1) is 9.07. The molecule has 0 bridgehead atoms. The minimum absolute atomic E-state index is 0.00127. The van der Waals surface area contributed by atoms with Crippen LogP contribution < -0.4 is 0 Å². The Morgan fingerprint density at radius 3 is 2.16 bits per heavy atom. The Kier molecular flexibility index (Phi) is 2.67. The van der Waals surface area contributed by atoms with E-state index in [1.807, 2.05) is 12.1 Å². The van der Waals surface area contributed by atoms with Crippen molar-refractivity contribution in [2.75, 3.05) is 0 Å². The fourth-order valence-corrected chi connectivity index (χ4v) is 2.49. The van der Waals surface area contributed by atoms with Gasteiger partial charge in [0.25, 0.3) is 0 Å². The zero-order valence-corrected chi connectivity index (χ0v) is 11.6. The predicted octanol–water partition coefficient (Wildman–Crippen LogP) is 4.46. The molecule has 1 heterocycles. The first-order valence-corrected chi connectivity index (χ1v) is 6.61. The second-order valence-corrected chi connectivity index (χ2v) is 5.80. The fraction of sp³-hybridized carbons (Fsp3) is 0.235. The number of benzene rings is 2. The predicted molar refractivity (Wildman–Crippen MR) is 80.2 cm³/mol. The van der Waals surface area contributed by atoms with E-state index >= 15 is 0 Å². The highest BCUT2D eigenvalue weighted by Crippen LogP contribution is 2.30. The van der Waals surface area contributed by atoms with Gasteiger partial charge in [-0.05, 0) is 32.9 Å². The van der Waals surface area contributed by atoms with Gasteiger partial charge in [0.2, 0.25) is 0 Å². The summed E-state index contributed by atoms with van der Waals surface area (Å²) in [5, 5.41) is 0. The van der Waals surface area contributed by atoms with Gasteiger partial charge in [0, 0.05) is 11.1 Å². The lowest BCUT2D eigenvalue weighted by atomic mass is 10.1. The monoisotopic (exact) mass is 250 g/mol. The van der Waals surface area contributed by atoms with Crippen molar-refractivity contribution in [3.05, 3.63) is 54.6 Å². The van der Waals surface area contributed by atoms with Crippen LogP contribution >= 0.6 is 0 Å². The lowest BCUT2D eigenvalue weighted by Crippen LogP contribution is -2.22. The van der Waals surface area contributed by atoms with Crippen LogP contribution in [-0.2, 0) is 5.54 Å². The lowest BCUT2D eigenvalue weighted by Gasteiger charge is -2.24. The molecule has 0 radical (unpaired) electrons. The Hall–Kier alpha value is -2.09. The van der Waals surface area contributed by atoms with E-state index in [2.05, 4.69) is 67.8 Å². The molecule has 2 heteroatoms. The lowest BCUT2D eigenvalue weighted by molar-refractivity contribution is 0.413. The minimum atomic E-state index is 0.00127.